The number of halogens is 1. The van der Waals surface area contributed by atoms with Gasteiger partial charge in [0.15, 0.2) is 0 Å². The van der Waals surface area contributed by atoms with Crippen LogP contribution in [0.3, 0.4) is 0 Å². The molecule has 4 rings (SSSR count). The Labute approximate surface area is 180 Å². The van der Waals surface area contributed by atoms with E-state index in [1.54, 1.807) is 19.4 Å². The van der Waals surface area contributed by atoms with Crippen LogP contribution in [0.25, 0.3) is 21.6 Å². The Bertz CT molecular complexity index is 1210. The van der Waals surface area contributed by atoms with Crippen molar-refractivity contribution in [1.82, 2.24) is 20.1 Å². The normalized spacial score (nSPS) is 12.1. The van der Waals surface area contributed by atoms with Crippen molar-refractivity contribution in [1.29, 1.82) is 0 Å². The lowest BCUT2D eigenvalue weighted by Crippen LogP contribution is -2.21. The van der Waals surface area contributed by atoms with Crippen molar-refractivity contribution < 1.29 is 14.1 Å². The zero-order chi connectivity index (χ0) is 21.3. The molecule has 4 heterocycles. The van der Waals surface area contributed by atoms with Gasteiger partial charge in [-0.05, 0) is 19.9 Å². The van der Waals surface area contributed by atoms with Crippen LogP contribution in [0, 0.1) is 6.92 Å². The van der Waals surface area contributed by atoms with Crippen LogP contribution in [-0.2, 0) is 4.74 Å². The highest BCUT2D eigenvalue weighted by molar-refractivity contribution is 7.18. The van der Waals surface area contributed by atoms with Crippen LogP contribution in [0.5, 0.6) is 0 Å². The number of ether oxygens (including phenoxy) is 1. The number of amides is 2. The smallest absolute Gasteiger partial charge is 0.323 e. The van der Waals surface area contributed by atoms with E-state index in [4.69, 9.17) is 20.9 Å². The minimum Gasteiger partial charge on any atom is -0.377 e. The van der Waals surface area contributed by atoms with E-state index in [1.165, 1.54) is 30.0 Å². The van der Waals surface area contributed by atoms with E-state index in [0.29, 0.717) is 33.2 Å². The van der Waals surface area contributed by atoms with Crippen LogP contribution in [0.15, 0.2) is 35.4 Å². The van der Waals surface area contributed by atoms with E-state index < -0.39 is 6.03 Å². The van der Waals surface area contributed by atoms with Gasteiger partial charge in [-0.2, -0.15) is 0 Å². The van der Waals surface area contributed by atoms with Gasteiger partial charge in [-0.3, -0.25) is 4.98 Å². The number of anilines is 2. The molecule has 0 aliphatic heterocycles. The summed E-state index contributed by atoms with van der Waals surface area (Å²) in [5.41, 5.74) is 3.58. The molecule has 0 radical (unpaired) electrons. The van der Waals surface area contributed by atoms with Crippen molar-refractivity contribution >= 4 is 50.7 Å². The molecule has 1 atom stereocenters. The van der Waals surface area contributed by atoms with Gasteiger partial charge in [-0.1, -0.05) is 28.1 Å². The fourth-order valence-electron chi connectivity index (χ4n) is 2.95. The average Bonchev–Trinajstić information content (AvgIpc) is 3.36. The van der Waals surface area contributed by atoms with Crippen molar-refractivity contribution in [3.05, 3.63) is 46.5 Å². The zero-order valence-electron chi connectivity index (χ0n) is 16.3. The highest BCUT2D eigenvalue weighted by Gasteiger charge is 2.20. The average molecular weight is 445 g/mol. The van der Waals surface area contributed by atoms with Crippen molar-refractivity contribution in [2.24, 2.45) is 0 Å². The first-order valence-electron chi connectivity index (χ1n) is 8.88. The predicted octanol–water partition coefficient (Wildman–Crippen LogP) is 5.05. The summed E-state index contributed by atoms with van der Waals surface area (Å²) in [4.78, 5) is 26.6. The number of carbonyl (C=O) groups excluding carboxylic acids is 1. The first-order valence-corrected chi connectivity index (χ1v) is 10.1. The molecule has 0 fully saturated rings. The molecule has 0 aliphatic carbocycles. The van der Waals surface area contributed by atoms with Crippen LogP contribution in [0.1, 0.15) is 23.6 Å². The second kappa shape index (κ2) is 8.34. The third-order valence-electron chi connectivity index (χ3n) is 4.39. The van der Waals surface area contributed by atoms with E-state index in [-0.39, 0.29) is 6.10 Å². The number of aryl methyl sites for hydroxylation is 1. The summed E-state index contributed by atoms with van der Waals surface area (Å²) in [5.74, 6) is 0. The lowest BCUT2D eigenvalue weighted by atomic mass is 10.1. The van der Waals surface area contributed by atoms with Gasteiger partial charge in [-0.15, -0.1) is 0 Å². The number of hydrogen-bond donors (Lipinski definition) is 2. The number of hydrogen-bond acceptors (Lipinski definition) is 8. The molecule has 154 valence electrons. The van der Waals surface area contributed by atoms with Gasteiger partial charge >= 0.3 is 6.03 Å². The molecule has 2 N–H and O–H groups in total. The number of nitrogens with one attached hydrogen (secondary N) is 2. The summed E-state index contributed by atoms with van der Waals surface area (Å²) in [6.07, 6.45) is 5.76. The molecule has 30 heavy (non-hydrogen) atoms. The lowest BCUT2D eigenvalue weighted by Gasteiger charge is -2.16. The summed E-state index contributed by atoms with van der Waals surface area (Å²) in [6, 6.07) is 1.13. The van der Waals surface area contributed by atoms with E-state index in [9.17, 15) is 4.79 Å². The van der Waals surface area contributed by atoms with Crippen LogP contribution >= 0.6 is 22.9 Å². The summed E-state index contributed by atoms with van der Waals surface area (Å²) in [7, 11) is 1.60. The summed E-state index contributed by atoms with van der Waals surface area (Å²) in [6.45, 7) is 3.80. The molecule has 0 unspecified atom stereocenters. The molecule has 0 saturated heterocycles. The molecule has 4 aromatic rings. The SMILES string of the molecule is CO[C@H](C)c1c(NC(=O)Nc2cnc(-c3cnoc3)c(Cl)c2)cnc2sc(C)nc12. The monoisotopic (exact) mass is 444 g/mol. The number of carbonyl (C=O) groups is 1. The Morgan fingerprint density at radius 3 is 2.80 bits per heavy atom. The lowest BCUT2D eigenvalue weighted by molar-refractivity contribution is 0.121. The van der Waals surface area contributed by atoms with Gasteiger partial charge in [0.1, 0.15) is 16.6 Å². The van der Waals surface area contributed by atoms with E-state index >= 15 is 0 Å². The molecule has 11 heteroatoms. The van der Waals surface area contributed by atoms with Crippen LogP contribution in [-0.4, -0.2) is 33.2 Å². The molecule has 0 saturated carbocycles. The van der Waals surface area contributed by atoms with Gasteiger partial charge in [0.25, 0.3) is 0 Å². The number of nitrogens with zero attached hydrogens (tertiary/aromatic N) is 4. The number of rotatable bonds is 5. The molecular formula is C19H17ClN6O3S. The Hall–Kier alpha value is -3.08. The van der Waals surface area contributed by atoms with Crippen LogP contribution < -0.4 is 10.6 Å². The minimum absolute atomic E-state index is 0.286. The largest absolute Gasteiger partial charge is 0.377 e. The van der Waals surface area contributed by atoms with Crippen molar-refractivity contribution in [3.8, 4) is 11.3 Å². The van der Waals surface area contributed by atoms with Gasteiger partial charge < -0.3 is 19.9 Å². The summed E-state index contributed by atoms with van der Waals surface area (Å²) < 4.78 is 10.3. The van der Waals surface area contributed by atoms with Crippen LogP contribution in [0.2, 0.25) is 5.02 Å². The number of methoxy groups -OCH3 is 1. The maximum atomic E-state index is 12.6. The third-order valence-corrected chi connectivity index (χ3v) is 5.55. The molecule has 0 aliphatic rings. The van der Waals surface area contributed by atoms with Gasteiger partial charge in [-0.25, -0.2) is 14.8 Å². The fraction of sp³-hybridized carbons (Fsp3) is 0.211. The van der Waals surface area contributed by atoms with Gasteiger partial charge in [0, 0.05) is 12.7 Å². The fourth-order valence-corrected chi connectivity index (χ4v) is 4.00. The number of aromatic nitrogens is 4. The van der Waals surface area contributed by atoms with Gasteiger partial charge in [0.05, 0.1) is 57.4 Å². The Morgan fingerprint density at radius 2 is 2.10 bits per heavy atom. The predicted molar refractivity (Wildman–Crippen MR) is 115 cm³/mol. The summed E-state index contributed by atoms with van der Waals surface area (Å²) in [5, 5.41) is 10.4. The molecular weight excluding hydrogens is 428 g/mol. The van der Waals surface area contributed by atoms with Crippen molar-refractivity contribution in [3.63, 3.8) is 0 Å². The third kappa shape index (κ3) is 3.97. The highest BCUT2D eigenvalue weighted by atomic mass is 35.5. The maximum absolute atomic E-state index is 12.6. The van der Waals surface area contributed by atoms with Crippen molar-refractivity contribution in [2.45, 2.75) is 20.0 Å². The molecule has 0 bridgehead atoms. The first kappa shape index (κ1) is 20.2. The zero-order valence-corrected chi connectivity index (χ0v) is 17.8. The standard InChI is InChI=1S/C19H17ClN6O3S/c1-9(28-3)15-14(7-22-18-17(15)24-10(2)30-18)26-19(27)25-12-4-13(20)16(21-6-12)11-5-23-29-8-11/h4-9H,1-3H3,(H2,25,26,27)/t9-/m1/s1. The molecule has 0 aromatic carbocycles. The van der Waals surface area contributed by atoms with E-state index in [2.05, 4.69) is 30.7 Å². The number of thiazole rings is 1. The highest BCUT2D eigenvalue weighted by Crippen LogP contribution is 2.34. The van der Waals surface area contributed by atoms with Gasteiger partial charge in [0.2, 0.25) is 0 Å². The molecule has 0 spiro atoms. The molecule has 2 amide bonds. The quantitative estimate of drug-likeness (QED) is 0.442. The summed E-state index contributed by atoms with van der Waals surface area (Å²) >= 11 is 7.77. The topological polar surface area (TPSA) is 115 Å². The van der Waals surface area contributed by atoms with Crippen LogP contribution in [0.4, 0.5) is 16.2 Å². The second-order valence-corrected chi connectivity index (χ2v) is 7.99. The van der Waals surface area contributed by atoms with E-state index in [1.807, 2.05) is 13.8 Å². The Kier molecular flexibility index (Phi) is 5.62. The van der Waals surface area contributed by atoms with Crippen molar-refractivity contribution in [2.75, 3.05) is 17.7 Å². The maximum Gasteiger partial charge on any atom is 0.323 e. The second-order valence-electron chi connectivity index (χ2n) is 6.40. The molecule has 4 aromatic heterocycles. The Balaban J connectivity index is 1.57. The number of fused-ring (bicyclic) bond motifs is 1. The van der Waals surface area contributed by atoms with E-state index in [0.717, 1.165) is 15.4 Å². The number of pyridine rings is 2. The molecule has 9 nitrogen and oxygen atoms in total. The number of urea groups is 1. The minimum atomic E-state index is -0.469. The Morgan fingerprint density at radius 1 is 1.27 bits per heavy atom. The first-order chi connectivity index (χ1) is 14.5.